The van der Waals surface area contributed by atoms with Crippen molar-refractivity contribution >= 4 is 32.5 Å². The molecule has 3 aromatic carbocycles. The predicted molar refractivity (Wildman–Crippen MR) is 131 cm³/mol. The molecular weight excluding hydrogens is 452 g/mol. The van der Waals surface area contributed by atoms with Crippen molar-refractivity contribution in [2.45, 2.75) is 18.4 Å². The summed E-state index contributed by atoms with van der Waals surface area (Å²) in [4.78, 5) is 33.9. The number of nitrogens with one attached hydrogen (secondary N) is 1. The summed E-state index contributed by atoms with van der Waals surface area (Å²) in [5.41, 5.74) is 2.08. The number of anilines is 1. The zero-order valence-electron chi connectivity index (χ0n) is 19.0. The summed E-state index contributed by atoms with van der Waals surface area (Å²) < 4.78 is 27.0. The summed E-state index contributed by atoms with van der Waals surface area (Å²) in [6.45, 7) is 2.00. The molecule has 0 bridgehead atoms. The van der Waals surface area contributed by atoms with Gasteiger partial charge in [0.05, 0.1) is 28.0 Å². The fourth-order valence-corrected chi connectivity index (χ4v) is 4.74. The molecule has 4 aromatic rings. The van der Waals surface area contributed by atoms with Crippen LogP contribution in [-0.2, 0) is 16.6 Å². The van der Waals surface area contributed by atoms with Gasteiger partial charge in [0.2, 0.25) is 0 Å². The number of fused-ring (bicyclic) bond motifs is 1. The predicted octanol–water partition coefficient (Wildman–Crippen LogP) is 3.33. The molecule has 1 heterocycles. The van der Waals surface area contributed by atoms with Gasteiger partial charge in [-0.1, -0.05) is 29.8 Å². The number of rotatable bonds is 6. The van der Waals surface area contributed by atoms with Crippen molar-refractivity contribution in [1.82, 2.24) is 14.9 Å². The highest BCUT2D eigenvalue weighted by atomic mass is 32.2. The third-order valence-corrected chi connectivity index (χ3v) is 7.35. The van der Waals surface area contributed by atoms with Crippen molar-refractivity contribution in [3.63, 3.8) is 0 Å². The molecule has 9 heteroatoms. The average Bonchev–Trinajstić information content (AvgIpc) is 2.83. The number of hydrogen-bond acceptors (Lipinski definition) is 5. The molecule has 0 aliphatic rings. The molecule has 0 saturated carbocycles. The Morgan fingerprint density at radius 1 is 0.941 bits per heavy atom. The largest absolute Gasteiger partial charge is 0.334 e. The quantitative estimate of drug-likeness (QED) is 0.460. The molecule has 0 spiro atoms. The maximum Gasteiger partial charge on any atom is 0.264 e. The Morgan fingerprint density at radius 2 is 1.59 bits per heavy atom. The third-order valence-electron chi connectivity index (χ3n) is 5.55. The lowest BCUT2D eigenvalue weighted by Crippen LogP contribution is -2.29. The highest BCUT2D eigenvalue weighted by Crippen LogP contribution is 2.23. The van der Waals surface area contributed by atoms with Crippen LogP contribution >= 0.6 is 0 Å². The van der Waals surface area contributed by atoms with Crippen LogP contribution in [0.2, 0.25) is 0 Å². The third kappa shape index (κ3) is 4.55. The van der Waals surface area contributed by atoms with Crippen molar-refractivity contribution < 1.29 is 13.2 Å². The summed E-state index contributed by atoms with van der Waals surface area (Å²) in [5, 5.41) is 0.487. The molecule has 1 amide bonds. The molecule has 4 rings (SSSR count). The molecule has 1 N–H and O–H groups in total. The summed E-state index contributed by atoms with van der Waals surface area (Å²) in [5.74, 6) is 0.0893. The van der Waals surface area contributed by atoms with Crippen LogP contribution < -0.4 is 9.86 Å². The van der Waals surface area contributed by atoms with E-state index >= 15 is 0 Å². The lowest BCUT2D eigenvalue weighted by atomic mass is 10.2. The van der Waals surface area contributed by atoms with Gasteiger partial charge in [-0.15, -0.1) is 0 Å². The number of amides is 1. The lowest BCUT2D eigenvalue weighted by Gasteiger charge is -2.21. The van der Waals surface area contributed by atoms with Gasteiger partial charge in [0, 0.05) is 19.7 Å². The zero-order chi connectivity index (χ0) is 24.5. The Kier molecular flexibility index (Phi) is 6.21. The van der Waals surface area contributed by atoms with Gasteiger partial charge >= 0.3 is 0 Å². The molecule has 0 saturated heterocycles. The topological polar surface area (TPSA) is 103 Å². The van der Waals surface area contributed by atoms with Crippen LogP contribution in [0.25, 0.3) is 10.9 Å². The minimum atomic E-state index is -3.72. The van der Waals surface area contributed by atoms with E-state index in [0.717, 1.165) is 5.56 Å². The second-order valence-corrected chi connectivity index (χ2v) is 9.99. The number of carbonyl (C=O) groups excluding carboxylic acids is 1. The average molecular weight is 477 g/mol. The number of para-hydroxylation sites is 1. The van der Waals surface area contributed by atoms with E-state index < -0.39 is 10.0 Å². The molecule has 174 valence electrons. The number of aromatic amines is 1. The first-order chi connectivity index (χ1) is 16.2. The molecular formula is C25H24N4O4S. The van der Waals surface area contributed by atoms with Gasteiger partial charge in [-0.2, -0.15) is 0 Å². The monoisotopic (exact) mass is 476 g/mol. The Morgan fingerprint density at radius 3 is 2.26 bits per heavy atom. The maximum absolute atomic E-state index is 12.9. The summed E-state index contributed by atoms with van der Waals surface area (Å²) in [7, 11) is -0.642. The minimum absolute atomic E-state index is 0.113. The Labute approximate surface area is 197 Å². The SMILES string of the molecule is Cc1ccc(S(=O)(=O)N(C)c2ccc(C(=O)N(C)Cc3nc4ccccc4c(=O)[nH]3)cc2)cc1. The van der Waals surface area contributed by atoms with E-state index in [1.165, 1.54) is 16.3 Å². The van der Waals surface area contributed by atoms with Crippen molar-refractivity contribution in [2.75, 3.05) is 18.4 Å². The van der Waals surface area contributed by atoms with E-state index in [2.05, 4.69) is 9.97 Å². The number of H-pyrrole nitrogens is 1. The Balaban J connectivity index is 1.50. The van der Waals surface area contributed by atoms with E-state index in [4.69, 9.17) is 0 Å². The van der Waals surface area contributed by atoms with Gasteiger partial charge in [-0.3, -0.25) is 13.9 Å². The van der Waals surface area contributed by atoms with E-state index in [1.54, 1.807) is 79.8 Å². The second kappa shape index (κ2) is 9.11. The van der Waals surface area contributed by atoms with Crippen LogP contribution in [0.5, 0.6) is 0 Å². The fourth-order valence-electron chi connectivity index (χ4n) is 3.55. The summed E-state index contributed by atoms with van der Waals surface area (Å²) in [6, 6.07) is 20.0. The van der Waals surface area contributed by atoms with E-state index in [0.29, 0.717) is 28.0 Å². The molecule has 34 heavy (non-hydrogen) atoms. The maximum atomic E-state index is 12.9. The first-order valence-electron chi connectivity index (χ1n) is 10.6. The Hall–Kier alpha value is -3.98. The number of carbonyl (C=O) groups is 1. The number of hydrogen-bond donors (Lipinski definition) is 1. The van der Waals surface area contributed by atoms with E-state index in [9.17, 15) is 18.0 Å². The van der Waals surface area contributed by atoms with Crippen molar-refractivity contribution in [3.05, 3.63) is 100 Å². The lowest BCUT2D eigenvalue weighted by molar-refractivity contribution is 0.0781. The van der Waals surface area contributed by atoms with Gasteiger partial charge in [0.1, 0.15) is 5.82 Å². The van der Waals surface area contributed by atoms with Crippen LogP contribution in [0.15, 0.2) is 82.5 Å². The molecule has 8 nitrogen and oxygen atoms in total. The molecule has 0 aliphatic carbocycles. The minimum Gasteiger partial charge on any atom is -0.334 e. The van der Waals surface area contributed by atoms with Crippen LogP contribution in [0, 0.1) is 6.92 Å². The highest BCUT2D eigenvalue weighted by molar-refractivity contribution is 7.92. The second-order valence-electron chi connectivity index (χ2n) is 8.02. The van der Waals surface area contributed by atoms with Crippen LogP contribution in [0.4, 0.5) is 5.69 Å². The van der Waals surface area contributed by atoms with E-state index in [-0.39, 0.29) is 22.9 Å². The molecule has 0 unspecified atom stereocenters. The zero-order valence-corrected chi connectivity index (χ0v) is 19.8. The Bertz CT molecular complexity index is 1510. The number of aryl methyl sites for hydroxylation is 1. The molecule has 0 radical (unpaired) electrons. The summed E-state index contributed by atoms with van der Waals surface area (Å²) >= 11 is 0. The van der Waals surface area contributed by atoms with E-state index in [1.807, 2.05) is 6.92 Å². The fraction of sp³-hybridized carbons (Fsp3) is 0.160. The smallest absolute Gasteiger partial charge is 0.264 e. The van der Waals surface area contributed by atoms with Gasteiger partial charge in [-0.25, -0.2) is 13.4 Å². The first-order valence-corrected chi connectivity index (χ1v) is 12.0. The molecule has 0 fully saturated rings. The van der Waals surface area contributed by atoms with Crippen LogP contribution in [0.3, 0.4) is 0 Å². The first kappa shape index (κ1) is 23.2. The molecule has 1 aromatic heterocycles. The number of benzene rings is 3. The molecule has 0 aliphatic heterocycles. The van der Waals surface area contributed by atoms with Crippen molar-refractivity contribution in [1.29, 1.82) is 0 Å². The number of nitrogens with zero attached hydrogens (tertiary/aromatic N) is 3. The normalized spacial score (nSPS) is 11.4. The van der Waals surface area contributed by atoms with Crippen molar-refractivity contribution in [2.24, 2.45) is 0 Å². The van der Waals surface area contributed by atoms with Crippen LogP contribution in [-0.4, -0.2) is 43.3 Å². The van der Waals surface area contributed by atoms with Gasteiger partial charge in [-0.05, 0) is 55.5 Å². The van der Waals surface area contributed by atoms with Gasteiger partial charge in [0.15, 0.2) is 0 Å². The summed E-state index contributed by atoms with van der Waals surface area (Å²) in [6.07, 6.45) is 0. The standard InChI is InChI=1S/C25H24N4O4S/c1-17-8-14-20(15-9-17)34(32,33)29(3)19-12-10-18(11-13-19)25(31)28(2)16-23-26-22-7-5-4-6-21(22)24(30)27-23/h4-15H,16H2,1-3H3,(H,26,27,30). The molecule has 0 atom stereocenters. The number of aromatic nitrogens is 2. The van der Waals surface area contributed by atoms with Crippen LogP contribution in [0.1, 0.15) is 21.7 Å². The highest BCUT2D eigenvalue weighted by Gasteiger charge is 2.22. The van der Waals surface area contributed by atoms with Crippen molar-refractivity contribution in [3.8, 4) is 0 Å². The van der Waals surface area contributed by atoms with Gasteiger partial charge in [0.25, 0.3) is 21.5 Å². The number of sulfonamides is 1. The van der Waals surface area contributed by atoms with Gasteiger partial charge < -0.3 is 9.88 Å².